The van der Waals surface area contributed by atoms with Crippen LogP contribution in [-0.4, -0.2) is 52.4 Å². The number of anilines is 1. The van der Waals surface area contributed by atoms with Crippen LogP contribution >= 0.6 is 11.6 Å². The average Bonchev–Trinajstić information content (AvgIpc) is 3.04. The molecule has 0 atom stereocenters. The van der Waals surface area contributed by atoms with Crippen LogP contribution in [0, 0.1) is 0 Å². The highest BCUT2D eigenvalue weighted by atomic mass is 35.5. The van der Waals surface area contributed by atoms with Gasteiger partial charge < -0.3 is 9.47 Å². The molecule has 0 bridgehead atoms. The van der Waals surface area contributed by atoms with E-state index >= 15 is 0 Å². The first kappa shape index (κ1) is 15.9. The van der Waals surface area contributed by atoms with Crippen LogP contribution in [0.15, 0.2) is 24.3 Å². The summed E-state index contributed by atoms with van der Waals surface area (Å²) in [5, 5.41) is 9.58. The molecule has 0 aliphatic carbocycles. The monoisotopic (exact) mass is 345 g/mol. The lowest BCUT2D eigenvalue weighted by atomic mass is 10.1. The summed E-state index contributed by atoms with van der Waals surface area (Å²) in [5.41, 5.74) is 1.23. The number of rotatable bonds is 4. The van der Waals surface area contributed by atoms with Crippen LogP contribution in [0.3, 0.4) is 0 Å². The number of fused-ring (bicyclic) bond motifs is 1. The third-order valence-corrected chi connectivity index (χ3v) is 5.37. The first-order valence-corrected chi connectivity index (χ1v) is 9.31. The molecule has 0 N–H and O–H groups in total. The highest BCUT2D eigenvalue weighted by Crippen LogP contribution is 2.21. The van der Waals surface area contributed by atoms with Crippen LogP contribution in [0.25, 0.3) is 0 Å². The van der Waals surface area contributed by atoms with Gasteiger partial charge in [0.25, 0.3) is 0 Å². The maximum absolute atomic E-state index is 6.11. The SMILES string of the molecule is Clc1cccc(N2CCN(CCc3nnc4n3CCCC4)CC2)c1. The van der Waals surface area contributed by atoms with E-state index in [2.05, 4.69) is 36.7 Å². The van der Waals surface area contributed by atoms with Crippen molar-refractivity contribution in [3.05, 3.63) is 40.9 Å². The second-order valence-electron chi connectivity index (χ2n) is 6.70. The Balaban J connectivity index is 1.30. The smallest absolute Gasteiger partial charge is 0.134 e. The Kier molecular flexibility index (Phi) is 4.72. The second kappa shape index (κ2) is 7.11. The number of nitrogens with zero attached hydrogens (tertiary/aromatic N) is 5. The summed E-state index contributed by atoms with van der Waals surface area (Å²) in [6, 6.07) is 8.16. The van der Waals surface area contributed by atoms with Gasteiger partial charge in [-0.3, -0.25) is 4.90 Å². The van der Waals surface area contributed by atoms with Crippen LogP contribution < -0.4 is 4.90 Å². The molecule has 0 spiro atoms. The van der Waals surface area contributed by atoms with Gasteiger partial charge in [0.1, 0.15) is 11.6 Å². The lowest BCUT2D eigenvalue weighted by Gasteiger charge is -2.36. The Labute approximate surface area is 148 Å². The first-order valence-electron chi connectivity index (χ1n) is 8.93. The molecule has 0 unspecified atom stereocenters. The predicted octanol–water partition coefficient (Wildman–Crippen LogP) is 2.63. The van der Waals surface area contributed by atoms with Crippen LogP contribution in [0.4, 0.5) is 5.69 Å². The Morgan fingerprint density at radius 1 is 1.00 bits per heavy atom. The minimum absolute atomic E-state index is 0.812. The van der Waals surface area contributed by atoms with Crippen LogP contribution in [0.1, 0.15) is 24.5 Å². The summed E-state index contributed by atoms with van der Waals surface area (Å²) < 4.78 is 2.34. The van der Waals surface area contributed by atoms with Gasteiger partial charge in [-0.1, -0.05) is 17.7 Å². The Morgan fingerprint density at radius 2 is 1.88 bits per heavy atom. The third-order valence-electron chi connectivity index (χ3n) is 5.13. The predicted molar refractivity (Wildman–Crippen MR) is 96.8 cm³/mol. The van der Waals surface area contributed by atoms with E-state index in [9.17, 15) is 0 Å². The number of halogens is 1. The summed E-state index contributed by atoms with van der Waals surface area (Å²) in [7, 11) is 0. The molecule has 1 saturated heterocycles. The highest BCUT2D eigenvalue weighted by Gasteiger charge is 2.19. The van der Waals surface area contributed by atoms with Gasteiger partial charge in [0.15, 0.2) is 0 Å². The van der Waals surface area contributed by atoms with Gasteiger partial charge in [-0.2, -0.15) is 0 Å². The average molecular weight is 346 g/mol. The fraction of sp³-hybridized carbons (Fsp3) is 0.556. The summed E-state index contributed by atoms with van der Waals surface area (Å²) in [5.74, 6) is 2.35. The molecule has 1 aromatic heterocycles. The van der Waals surface area contributed by atoms with E-state index in [0.29, 0.717) is 0 Å². The lowest BCUT2D eigenvalue weighted by Crippen LogP contribution is -2.47. The largest absolute Gasteiger partial charge is 0.369 e. The first-order chi connectivity index (χ1) is 11.8. The van der Waals surface area contributed by atoms with Gasteiger partial charge >= 0.3 is 0 Å². The molecule has 1 fully saturated rings. The molecule has 0 saturated carbocycles. The molecular weight excluding hydrogens is 322 g/mol. The number of piperazine rings is 1. The van der Waals surface area contributed by atoms with Crippen molar-refractivity contribution in [3.63, 3.8) is 0 Å². The van der Waals surface area contributed by atoms with Crippen molar-refractivity contribution in [2.45, 2.75) is 32.2 Å². The minimum Gasteiger partial charge on any atom is -0.369 e. The van der Waals surface area contributed by atoms with Crippen molar-refractivity contribution in [1.29, 1.82) is 0 Å². The lowest BCUT2D eigenvalue weighted by molar-refractivity contribution is 0.258. The zero-order valence-corrected chi connectivity index (χ0v) is 14.8. The van der Waals surface area contributed by atoms with Gasteiger partial charge in [-0.15, -0.1) is 10.2 Å². The highest BCUT2D eigenvalue weighted by molar-refractivity contribution is 6.30. The fourth-order valence-electron chi connectivity index (χ4n) is 3.71. The molecule has 0 amide bonds. The molecule has 0 radical (unpaired) electrons. The van der Waals surface area contributed by atoms with Crippen molar-refractivity contribution in [2.75, 3.05) is 37.6 Å². The van der Waals surface area contributed by atoms with Crippen LogP contribution in [0.2, 0.25) is 5.02 Å². The Morgan fingerprint density at radius 3 is 2.71 bits per heavy atom. The van der Waals surface area contributed by atoms with Crippen LogP contribution in [0.5, 0.6) is 0 Å². The third kappa shape index (κ3) is 3.42. The van der Waals surface area contributed by atoms with Crippen molar-refractivity contribution in [2.24, 2.45) is 0 Å². The number of benzene rings is 1. The molecule has 1 aromatic carbocycles. The van der Waals surface area contributed by atoms with E-state index < -0.39 is 0 Å². The van der Waals surface area contributed by atoms with E-state index in [1.54, 1.807) is 0 Å². The zero-order valence-electron chi connectivity index (χ0n) is 14.0. The fourth-order valence-corrected chi connectivity index (χ4v) is 3.90. The molecule has 5 nitrogen and oxygen atoms in total. The molecular formula is C18H24ClN5. The van der Waals surface area contributed by atoms with Gasteiger partial charge in [-0.25, -0.2) is 0 Å². The van der Waals surface area contributed by atoms with E-state index in [4.69, 9.17) is 11.6 Å². The quantitative estimate of drug-likeness (QED) is 0.853. The standard InChI is InChI=1S/C18H24ClN5/c19-15-4-3-5-16(14-15)23-12-10-22(11-13-23)9-7-18-21-20-17-6-1-2-8-24(17)18/h3-5,14H,1-2,6-13H2. The molecule has 24 heavy (non-hydrogen) atoms. The molecule has 2 aromatic rings. The van der Waals surface area contributed by atoms with Gasteiger partial charge in [0.05, 0.1) is 0 Å². The van der Waals surface area contributed by atoms with Crippen molar-refractivity contribution < 1.29 is 0 Å². The van der Waals surface area contributed by atoms with E-state index in [-0.39, 0.29) is 0 Å². The second-order valence-corrected chi connectivity index (χ2v) is 7.14. The van der Waals surface area contributed by atoms with E-state index in [1.807, 2.05) is 12.1 Å². The molecule has 2 aliphatic heterocycles. The minimum atomic E-state index is 0.812. The molecule has 4 rings (SSSR count). The summed E-state index contributed by atoms with van der Waals surface area (Å²) in [6.07, 6.45) is 4.61. The molecule has 128 valence electrons. The molecule has 2 aliphatic rings. The summed E-state index contributed by atoms with van der Waals surface area (Å²) >= 11 is 6.11. The van der Waals surface area contributed by atoms with Gasteiger partial charge in [-0.05, 0) is 31.0 Å². The van der Waals surface area contributed by atoms with E-state index in [0.717, 1.165) is 57.1 Å². The van der Waals surface area contributed by atoms with E-state index in [1.165, 1.54) is 30.2 Å². The van der Waals surface area contributed by atoms with Crippen molar-refractivity contribution in [1.82, 2.24) is 19.7 Å². The van der Waals surface area contributed by atoms with Gasteiger partial charge in [0.2, 0.25) is 0 Å². The molecule has 3 heterocycles. The number of aromatic nitrogens is 3. The molecule has 6 heteroatoms. The number of hydrogen-bond acceptors (Lipinski definition) is 4. The van der Waals surface area contributed by atoms with Crippen molar-refractivity contribution in [3.8, 4) is 0 Å². The Bertz CT molecular complexity index is 690. The Hall–Kier alpha value is -1.59. The maximum Gasteiger partial charge on any atom is 0.134 e. The van der Waals surface area contributed by atoms with Crippen molar-refractivity contribution >= 4 is 17.3 Å². The maximum atomic E-state index is 6.11. The zero-order chi connectivity index (χ0) is 16.4. The topological polar surface area (TPSA) is 37.2 Å². The van der Waals surface area contributed by atoms with Gasteiger partial charge in [0, 0.05) is 62.8 Å². The number of hydrogen-bond donors (Lipinski definition) is 0. The normalized spacial score (nSPS) is 18.6. The number of aryl methyl sites for hydroxylation is 1. The summed E-state index contributed by atoms with van der Waals surface area (Å²) in [4.78, 5) is 4.95. The summed E-state index contributed by atoms with van der Waals surface area (Å²) in [6.45, 7) is 6.46. The van der Waals surface area contributed by atoms with Crippen LogP contribution in [-0.2, 0) is 19.4 Å².